The summed E-state index contributed by atoms with van der Waals surface area (Å²) in [6, 6.07) is 0. The molecule has 2 heteroatoms. The first kappa shape index (κ1) is 9.48. The molecule has 0 rings (SSSR count). The van der Waals surface area contributed by atoms with Gasteiger partial charge in [-0.05, 0) is 5.92 Å². The molecule has 10 heavy (non-hydrogen) atoms. The normalized spacial score (nSPS) is 9.80. The molecule has 0 aromatic heterocycles. The summed E-state index contributed by atoms with van der Waals surface area (Å²) >= 11 is 0. The molecule has 0 aliphatic carbocycles. The topological polar surface area (TPSA) is 21.3 Å². The highest BCUT2D eigenvalue weighted by atomic mass is 16.6. The molecule has 0 saturated heterocycles. The maximum Gasteiger partial charge on any atom is 0.0705 e. The molecule has 0 aromatic rings. The van der Waals surface area contributed by atoms with Crippen LogP contribution in [-0.4, -0.2) is 13.2 Å². The van der Waals surface area contributed by atoms with Gasteiger partial charge in [-0.1, -0.05) is 13.8 Å². The second kappa shape index (κ2) is 6.60. The van der Waals surface area contributed by atoms with E-state index in [1.54, 1.807) is 0 Å². The lowest BCUT2D eigenvalue weighted by Crippen LogP contribution is -2.18. The van der Waals surface area contributed by atoms with E-state index in [2.05, 4.69) is 25.2 Å². The van der Waals surface area contributed by atoms with Crippen LogP contribution >= 0.6 is 0 Å². The van der Waals surface area contributed by atoms with Gasteiger partial charge in [-0.3, -0.25) is 0 Å². The fraction of sp³-hybridized carbons (Fsp3) is 0.750. The number of hydroxylamine groups is 1. The van der Waals surface area contributed by atoms with Crippen LogP contribution in [0.1, 0.15) is 20.3 Å². The number of terminal acetylenes is 1. The monoisotopic (exact) mass is 141 g/mol. The van der Waals surface area contributed by atoms with E-state index in [1.165, 1.54) is 0 Å². The first-order valence-electron chi connectivity index (χ1n) is 3.55. The Morgan fingerprint density at radius 1 is 1.60 bits per heavy atom. The highest BCUT2D eigenvalue weighted by molar-refractivity contribution is 4.83. The second-order valence-electron chi connectivity index (χ2n) is 2.55. The van der Waals surface area contributed by atoms with E-state index >= 15 is 0 Å². The van der Waals surface area contributed by atoms with Crippen molar-refractivity contribution in [3.8, 4) is 12.3 Å². The molecule has 0 heterocycles. The molecule has 2 nitrogen and oxygen atoms in total. The zero-order chi connectivity index (χ0) is 7.82. The van der Waals surface area contributed by atoms with Crippen LogP contribution in [0.5, 0.6) is 0 Å². The summed E-state index contributed by atoms with van der Waals surface area (Å²) in [5, 5.41) is 0. The van der Waals surface area contributed by atoms with Crippen molar-refractivity contribution < 1.29 is 4.84 Å². The van der Waals surface area contributed by atoms with Crippen LogP contribution in [0, 0.1) is 18.3 Å². The van der Waals surface area contributed by atoms with E-state index in [0.29, 0.717) is 5.92 Å². The van der Waals surface area contributed by atoms with Gasteiger partial charge < -0.3 is 4.84 Å². The molecular weight excluding hydrogens is 126 g/mol. The molecule has 0 unspecified atom stereocenters. The molecule has 0 fully saturated rings. The number of rotatable bonds is 5. The minimum absolute atomic E-state index is 0.568. The SMILES string of the molecule is C#CCCNOCC(C)C. The van der Waals surface area contributed by atoms with Crippen molar-refractivity contribution in [2.75, 3.05) is 13.2 Å². The summed E-state index contributed by atoms with van der Waals surface area (Å²) in [4.78, 5) is 5.05. The average molecular weight is 141 g/mol. The summed E-state index contributed by atoms with van der Waals surface area (Å²) in [5.41, 5.74) is 2.78. The quantitative estimate of drug-likeness (QED) is 0.353. The lowest BCUT2D eigenvalue weighted by molar-refractivity contribution is 0.0253. The van der Waals surface area contributed by atoms with E-state index in [-0.39, 0.29) is 0 Å². The fourth-order valence-electron chi connectivity index (χ4n) is 0.421. The van der Waals surface area contributed by atoms with E-state index < -0.39 is 0 Å². The summed E-state index contributed by atoms with van der Waals surface area (Å²) in [6.07, 6.45) is 5.75. The van der Waals surface area contributed by atoms with E-state index in [9.17, 15) is 0 Å². The Morgan fingerprint density at radius 2 is 2.30 bits per heavy atom. The first-order chi connectivity index (χ1) is 4.77. The minimum Gasteiger partial charge on any atom is -0.302 e. The first-order valence-corrected chi connectivity index (χ1v) is 3.55. The Balaban J connectivity index is 2.86. The smallest absolute Gasteiger partial charge is 0.0705 e. The largest absolute Gasteiger partial charge is 0.302 e. The molecule has 0 aliphatic heterocycles. The second-order valence-corrected chi connectivity index (χ2v) is 2.55. The lowest BCUT2D eigenvalue weighted by atomic mass is 10.2. The Kier molecular flexibility index (Phi) is 6.25. The molecule has 0 amide bonds. The van der Waals surface area contributed by atoms with Crippen molar-refractivity contribution in [2.45, 2.75) is 20.3 Å². The predicted octanol–water partition coefficient (Wildman–Crippen LogP) is 1.19. The molecule has 0 spiro atoms. The number of hydrogen-bond donors (Lipinski definition) is 1. The molecular formula is C8H15NO. The van der Waals surface area contributed by atoms with Crippen molar-refractivity contribution in [1.82, 2.24) is 5.48 Å². The van der Waals surface area contributed by atoms with Gasteiger partial charge in [-0.25, -0.2) is 5.48 Å². The average Bonchev–Trinajstić information content (AvgIpc) is 1.87. The molecule has 0 aliphatic rings. The molecule has 0 saturated carbocycles. The van der Waals surface area contributed by atoms with Crippen LogP contribution < -0.4 is 5.48 Å². The summed E-state index contributed by atoms with van der Waals surface area (Å²) in [5.74, 6) is 3.08. The van der Waals surface area contributed by atoms with Crippen LogP contribution in [0.3, 0.4) is 0 Å². The molecule has 0 aromatic carbocycles. The highest BCUT2D eigenvalue weighted by Gasteiger charge is 1.91. The zero-order valence-electron chi connectivity index (χ0n) is 6.68. The minimum atomic E-state index is 0.568. The number of nitrogens with one attached hydrogen (secondary N) is 1. The maximum atomic E-state index is 5.05. The third kappa shape index (κ3) is 7.48. The summed E-state index contributed by atoms with van der Waals surface area (Å²) < 4.78 is 0. The van der Waals surface area contributed by atoms with Gasteiger partial charge >= 0.3 is 0 Å². The van der Waals surface area contributed by atoms with Gasteiger partial charge in [0.15, 0.2) is 0 Å². The molecule has 58 valence electrons. The molecule has 0 radical (unpaired) electrons. The Morgan fingerprint density at radius 3 is 2.80 bits per heavy atom. The lowest BCUT2D eigenvalue weighted by Gasteiger charge is -2.05. The van der Waals surface area contributed by atoms with Gasteiger partial charge in [0.25, 0.3) is 0 Å². The van der Waals surface area contributed by atoms with Crippen molar-refractivity contribution in [3.05, 3.63) is 0 Å². The molecule has 0 bridgehead atoms. The molecule has 0 atom stereocenters. The Bertz CT molecular complexity index is 104. The van der Waals surface area contributed by atoms with Gasteiger partial charge in [0.1, 0.15) is 0 Å². The standard InChI is InChI=1S/C8H15NO/c1-4-5-6-9-10-7-8(2)3/h1,8-9H,5-7H2,2-3H3. The van der Waals surface area contributed by atoms with Crippen molar-refractivity contribution in [1.29, 1.82) is 0 Å². The van der Waals surface area contributed by atoms with Gasteiger partial charge in [-0.2, -0.15) is 0 Å². The van der Waals surface area contributed by atoms with Crippen molar-refractivity contribution in [3.63, 3.8) is 0 Å². The van der Waals surface area contributed by atoms with Crippen LogP contribution in [0.2, 0.25) is 0 Å². The maximum absolute atomic E-state index is 5.05. The van der Waals surface area contributed by atoms with Gasteiger partial charge in [0.05, 0.1) is 6.61 Å². The third-order valence-electron chi connectivity index (χ3n) is 0.890. The summed E-state index contributed by atoms with van der Waals surface area (Å²) in [7, 11) is 0. The van der Waals surface area contributed by atoms with E-state index in [4.69, 9.17) is 11.3 Å². The fourth-order valence-corrected chi connectivity index (χ4v) is 0.421. The van der Waals surface area contributed by atoms with Crippen LogP contribution in [0.4, 0.5) is 0 Å². The third-order valence-corrected chi connectivity index (χ3v) is 0.890. The Hall–Kier alpha value is -0.520. The zero-order valence-corrected chi connectivity index (χ0v) is 6.68. The Labute approximate surface area is 62.9 Å². The summed E-state index contributed by atoms with van der Waals surface area (Å²) in [6.45, 7) is 5.68. The van der Waals surface area contributed by atoms with Crippen LogP contribution in [0.25, 0.3) is 0 Å². The van der Waals surface area contributed by atoms with Crippen LogP contribution in [0.15, 0.2) is 0 Å². The van der Waals surface area contributed by atoms with Crippen LogP contribution in [-0.2, 0) is 4.84 Å². The van der Waals surface area contributed by atoms with Crippen molar-refractivity contribution >= 4 is 0 Å². The van der Waals surface area contributed by atoms with Gasteiger partial charge in [0.2, 0.25) is 0 Å². The predicted molar refractivity (Wildman–Crippen MR) is 42.2 cm³/mol. The van der Waals surface area contributed by atoms with E-state index in [1.807, 2.05) is 0 Å². The number of hydrogen-bond acceptors (Lipinski definition) is 2. The van der Waals surface area contributed by atoms with Gasteiger partial charge in [0, 0.05) is 13.0 Å². The van der Waals surface area contributed by atoms with E-state index in [0.717, 1.165) is 19.6 Å². The highest BCUT2D eigenvalue weighted by Crippen LogP contribution is 1.89. The molecule has 1 N–H and O–H groups in total. The van der Waals surface area contributed by atoms with Crippen molar-refractivity contribution in [2.24, 2.45) is 5.92 Å². The van der Waals surface area contributed by atoms with Gasteiger partial charge in [-0.15, -0.1) is 12.3 Å².